The molecule has 0 aliphatic carbocycles. The van der Waals surface area contributed by atoms with E-state index in [1.807, 2.05) is 78.9 Å². The number of nitrogens with zero attached hydrogens (tertiary/aromatic N) is 12. The fourth-order valence-corrected chi connectivity index (χ4v) is 23.0. The number of amides is 6. The van der Waals surface area contributed by atoms with E-state index in [1.165, 1.54) is 56.6 Å². The van der Waals surface area contributed by atoms with Crippen molar-refractivity contribution >= 4 is 121 Å². The number of aromatic nitrogens is 12. The number of rotatable bonds is 36. The summed E-state index contributed by atoms with van der Waals surface area (Å²) < 4.78 is 162. The van der Waals surface area contributed by atoms with Crippen molar-refractivity contribution in [3.63, 3.8) is 0 Å². The van der Waals surface area contributed by atoms with Gasteiger partial charge in [0.1, 0.15) is 87.6 Å². The number of carbonyl (C=O) groups is 4. The lowest BCUT2D eigenvalue weighted by atomic mass is 9.94. The number of imidazole rings is 3. The lowest BCUT2D eigenvalue weighted by molar-refractivity contribution is -0.237. The standard InChI is InChI=1S/C28H37N7O12P2.C23H31N7O10P2.C22H29N7O10P2/c1-2-29-28(38)34-24-21-25(32-14-31-24)35(15-33-21)26-23-22(45-20(46-23)11-16-6-4-3-5-7-16)19(44-26)12-43-49(41,42)47-48(39,40)13-17-8-9-30-18(10-17)27(36)37;1-3-25-23(31)29-20-17-21(27-11-26-20)30(12-28-17)22-19-18(38-16(39-19)9-14-7-5-4-6-8-14)15(37-22)10-36-42(34,35)40-41(32,33)13-24-2;1-3-24-22(30)28-18-15-19(26-10-25-18)29(11-27-15)20-17-16(37-21(38-17)13-7-5-4-6-8-13)14(36-20)9-35-41(33,34)39-40(31,32)12-23-2/h3-7,14-15,17-20,22-23,26,30H,2,8-13H2,1H3,(H,36,37)(H,39,40)(H,41,42)(H2,29,31,32,34,38);4-8,11-12,15-16,18-19,22,24H,3,9-10,13H2,1-2H3,(H,32,33)(H,34,35)(H2,25,26,27,29,31);4-8,10-11,14,16-17,20-21,23H,3,9,12H2,1-2H3,(H,31,32)(H,33,34)(H2,24,25,26,28,30)/p-6/t17?,18?,19-,20?,22?,23+,26-;15-,16?,18?,19+,22-;14-,16?,17+,20-,21+/m111/s1. The third-order valence-electron chi connectivity index (χ3n) is 20.7. The van der Waals surface area contributed by atoms with Gasteiger partial charge in [0.2, 0.25) is 0 Å². The molecule has 13 heterocycles. The van der Waals surface area contributed by atoms with Gasteiger partial charge in [0.15, 0.2) is 104 Å². The second-order valence-corrected chi connectivity index (χ2v) is 40.2. The molecule has 59 heteroatoms. The number of carbonyl (C=O) groups excluding carboxylic acids is 3. The minimum atomic E-state index is -5.44. The molecule has 9 aromatic rings. The average Bonchev–Trinajstić information content (AvgIpc) is 1.60. The second-order valence-electron chi connectivity index (χ2n) is 30.1. The molecule has 7 fully saturated rings. The number of urea groups is 3. The summed E-state index contributed by atoms with van der Waals surface area (Å²) in [6.45, 7) is 4.82. The van der Waals surface area contributed by atoms with Crippen LogP contribution in [0.3, 0.4) is 0 Å². The van der Waals surface area contributed by atoms with E-state index >= 15 is 0 Å². The van der Waals surface area contributed by atoms with Gasteiger partial charge >= 0.3 is 24.1 Å². The van der Waals surface area contributed by atoms with Crippen LogP contribution in [0.1, 0.15) is 75.3 Å². The van der Waals surface area contributed by atoms with Crippen LogP contribution < -0.4 is 77.2 Å². The van der Waals surface area contributed by atoms with Gasteiger partial charge in [0, 0.05) is 44.2 Å². The first-order valence-corrected chi connectivity index (χ1v) is 50.5. The number of carboxylic acids is 1. The first kappa shape index (κ1) is 99.0. The van der Waals surface area contributed by atoms with Crippen LogP contribution in [0.5, 0.6) is 0 Å². The minimum Gasteiger partial charge on any atom is -0.778 e. The molecule has 0 spiro atoms. The van der Waals surface area contributed by atoms with Crippen LogP contribution >= 0.6 is 46.3 Å². The Hall–Kier alpha value is -8.99. The van der Waals surface area contributed by atoms with Gasteiger partial charge in [-0.1, -0.05) is 91.0 Å². The highest BCUT2D eigenvalue weighted by molar-refractivity contribution is 7.63. The van der Waals surface area contributed by atoms with E-state index in [-0.39, 0.29) is 52.6 Å². The molecule has 132 heavy (non-hydrogen) atoms. The number of anilines is 3. The zero-order chi connectivity index (χ0) is 93.9. The molecule has 716 valence electrons. The number of hydrogen-bond donors (Lipinski definition) is 10. The predicted octanol–water partition coefficient (Wildman–Crippen LogP) is 1.76. The van der Waals surface area contributed by atoms with E-state index in [2.05, 4.69) is 106 Å². The van der Waals surface area contributed by atoms with Gasteiger partial charge in [-0.15, -0.1) is 0 Å². The van der Waals surface area contributed by atoms with Crippen molar-refractivity contribution in [2.45, 2.75) is 145 Å². The Kier molecular flexibility index (Phi) is 32.5. The van der Waals surface area contributed by atoms with Crippen molar-refractivity contribution < 1.29 is 150 Å². The summed E-state index contributed by atoms with van der Waals surface area (Å²) in [6.07, 6.45) is -6.14. The zero-order valence-corrected chi connectivity index (χ0v) is 75.9. The van der Waals surface area contributed by atoms with E-state index in [1.54, 1.807) is 42.0 Å². The van der Waals surface area contributed by atoms with Crippen molar-refractivity contribution in [1.29, 1.82) is 0 Å². The average molecular weight is 1960 g/mol. The van der Waals surface area contributed by atoms with Crippen molar-refractivity contribution in [2.24, 2.45) is 5.92 Å². The quantitative estimate of drug-likeness (QED) is 0.0250. The Morgan fingerprint density at radius 1 is 0.455 bits per heavy atom. The molecule has 13 unspecified atom stereocenters. The summed E-state index contributed by atoms with van der Waals surface area (Å²) in [4.78, 5) is 160. The van der Waals surface area contributed by atoms with Crippen molar-refractivity contribution in [2.75, 3.05) is 94.8 Å². The molecule has 53 nitrogen and oxygen atoms in total. The molecule has 7 aliphatic rings. The first-order valence-electron chi connectivity index (χ1n) is 41.0. The lowest BCUT2D eigenvalue weighted by Gasteiger charge is -2.36. The third-order valence-corrected chi connectivity index (χ3v) is 29.8. The number of piperidine rings is 1. The topological polar surface area (TPSA) is 707 Å². The summed E-state index contributed by atoms with van der Waals surface area (Å²) in [5.74, 6) is -1.29. The Morgan fingerprint density at radius 3 is 1.16 bits per heavy atom. The van der Waals surface area contributed by atoms with Gasteiger partial charge < -0.3 is 136 Å². The fraction of sp³-hybridized carbons (Fsp3) is 0.493. The van der Waals surface area contributed by atoms with E-state index in [4.69, 9.17) is 56.2 Å². The van der Waals surface area contributed by atoms with Crippen molar-refractivity contribution in [3.05, 3.63) is 146 Å². The highest BCUT2D eigenvalue weighted by atomic mass is 31.3. The molecule has 23 atom stereocenters. The molecule has 10 N–H and O–H groups in total. The maximum absolute atomic E-state index is 12.8. The number of phosphoric acid groups is 3. The van der Waals surface area contributed by atoms with Gasteiger partial charge in [-0.05, 0) is 71.3 Å². The number of fused-ring (bicyclic) bond motifs is 6. The minimum absolute atomic E-state index is 0.00581. The van der Waals surface area contributed by atoms with E-state index < -0.39 is 213 Å². The Morgan fingerprint density at radius 2 is 0.795 bits per heavy atom. The van der Waals surface area contributed by atoms with Crippen molar-refractivity contribution in [3.8, 4) is 0 Å². The normalized spacial score (nSPS) is 27.6. The maximum Gasteiger partial charge on any atom is 0.320 e. The van der Waals surface area contributed by atoms with Crippen LogP contribution in [0, 0.1) is 5.92 Å². The number of benzene rings is 3. The molecule has 7 aliphatic heterocycles. The maximum atomic E-state index is 12.8. The molecular formula is C73H91N21O32P6-6. The van der Waals surface area contributed by atoms with E-state index in [0.29, 0.717) is 55.8 Å². The van der Waals surface area contributed by atoms with Crippen LogP contribution in [0.25, 0.3) is 33.5 Å². The Balaban J connectivity index is 0.000000160. The fourth-order valence-electron chi connectivity index (χ4n) is 15.3. The summed E-state index contributed by atoms with van der Waals surface area (Å²) >= 11 is 0. The highest BCUT2D eigenvalue weighted by Gasteiger charge is 2.58. The predicted molar refractivity (Wildman–Crippen MR) is 444 cm³/mol. The first-order chi connectivity index (χ1) is 63.1. The van der Waals surface area contributed by atoms with Gasteiger partial charge in [0.05, 0.1) is 51.4 Å². The van der Waals surface area contributed by atoms with Gasteiger partial charge in [-0.25, -0.2) is 59.2 Å². The van der Waals surface area contributed by atoms with Gasteiger partial charge in [-0.3, -0.25) is 61.1 Å². The van der Waals surface area contributed by atoms with Crippen LogP contribution in [-0.2, 0) is 114 Å². The summed E-state index contributed by atoms with van der Waals surface area (Å²) in [7, 11) is -27.9. The monoisotopic (exact) mass is 1960 g/mol. The molecule has 16 rings (SSSR count). The van der Waals surface area contributed by atoms with Crippen molar-refractivity contribution in [1.82, 2.24) is 90.5 Å². The number of phosphoric ester groups is 3. The third kappa shape index (κ3) is 25.0. The van der Waals surface area contributed by atoms with E-state index in [9.17, 15) is 81.0 Å². The SMILES string of the molecule is CCNC(=O)Nc1ncnc2c1ncn2[C@@H]1O[C@H](COP(=O)([O-])OP(=O)([O-])CC2CCNC(C(=O)O)C2)C2OC(Cc3ccccc3)O[C@@H]21.CCNC(=O)Nc1ncnc2c1ncn2[C@@H]1O[C@H](COP(=O)([O-])OP(=O)([O-])CNC)C2OC(Cc3ccccc3)O[C@@H]21.CCNC(=O)Nc1ncnc2c1ncn2[C@@H]1O[C@H](COP(=O)([O-])OP(=O)([O-])CNC)C2O[C@H](c3ccccc3)O[C@@H]21. The lowest BCUT2D eigenvalue weighted by Crippen LogP contribution is -2.44. The molecule has 0 radical (unpaired) electrons. The second kappa shape index (κ2) is 43.4. The highest BCUT2D eigenvalue weighted by Crippen LogP contribution is 2.59. The van der Waals surface area contributed by atoms with Gasteiger partial charge in [-0.2, -0.15) is 0 Å². The molecular weight excluding hydrogens is 1870 g/mol. The van der Waals surface area contributed by atoms with Crippen LogP contribution in [0.4, 0.5) is 31.8 Å². The van der Waals surface area contributed by atoms with Crippen LogP contribution in [-0.4, -0.2) is 240 Å². The number of aliphatic carboxylic acids is 1. The molecule has 7 saturated heterocycles. The van der Waals surface area contributed by atoms with Crippen LogP contribution in [0.2, 0.25) is 0 Å². The molecule has 3 aromatic carbocycles. The molecule has 6 aromatic heterocycles. The van der Waals surface area contributed by atoms with Crippen LogP contribution in [0.15, 0.2) is 129 Å². The van der Waals surface area contributed by atoms with E-state index in [0.717, 1.165) is 11.1 Å². The summed E-state index contributed by atoms with van der Waals surface area (Å²) in [5.41, 5.74) is 4.24. The number of carboxylic acid groups (broad SMARTS) is 1. The van der Waals surface area contributed by atoms with Gasteiger partial charge in [0.25, 0.3) is 23.5 Å². The zero-order valence-electron chi connectivity index (χ0n) is 70.5. The Bertz CT molecular complexity index is 5820. The number of nitrogens with one attached hydrogen (secondary N) is 9. The number of ether oxygens (including phenoxy) is 9. The molecule has 0 saturated carbocycles. The molecule has 6 amide bonds. The Labute approximate surface area is 749 Å². The number of hydrogen-bond acceptors (Lipinski definition) is 43. The summed E-state index contributed by atoms with van der Waals surface area (Å²) in [6, 6.07) is 25.6. The molecule has 0 bridgehead atoms. The largest absolute Gasteiger partial charge is 0.778 e. The smallest absolute Gasteiger partial charge is 0.320 e. The summed E-state index contributed by atoms with van der Waals surface area (Å²) in [5, 5.41) is 32.3.